The molecule has 1 aliphatic heterocycles. The summed E-state index contributed by atoms with van der Waals surface area (Å²) >= 11 is 7.40. The fraction of sp³-hybridized carbons (Fsp3) is 0.500. The number of alkyl halides is 2. The van der Waals surface area contributed by atoms with Crippen LogP contribution in [0.4, 0.5) is 5.69 Å². The molecule has 0 radical (unpaired) electrons. The average Bonchev–Trinajstić information content (AvgIpc) is 3.06. The first-order valence-electron chi connectivity index (χ1n) is 7.23. The van der Waals surface area contributed by atoms with Gasteiger partial charge in [-0.2, -0.15) is 0 Å². The minimum Gasteiger partial charge on any atom is -0.274 e. The number of aryl methyl sites for hydroxylation is 1. The van der Waals surface area contributed by atoms with Gasteiger partial charge in [0.1, 0.15) is 0 Å². The predicted octanol–water partition coefficient (Wildman–Crippen LogP) is 3.28. The van der Waals surface area contributed by atoms with E-state index in [4.69, 9.17) is 0 Å². The Morgan fingerprint density at radius 3 is 1.90 bits per heavy atom. The van der Waals surface area contributed by atoms with Crippen molar-refractivity contribution < 1.29 is 9.59 Å². The van der Waals surface area contributed by atoms with E-state index in [2.05, 4.69) is 31.9 Å². The molecule has 0 unspecified atom stereocenters. The zero-order valence-corrected chi connectivity index (χ0v) is 14.7. The summed E-state index contributed by atoms with van der Waals surface area (Å²) in [5.41, 5.74) is 1.83. The second-order valence-electron chi connectivity index (χ2n) is 6.35. The van der Waals surface area contributed by atoms with Crippen LogP contribution in [0.25, 0.3) is 0 Å². The van der Waals surface area contributed by atoms with Crippen molar-refractivity contribution in [3.8, 4) is 0 Å². The molecule has 4 rings (SSSR count). The number of nitrogens with zero attached hydrogens (tertiary/aromatic N) is 1. The van der Waals surface area contributed by atoms with Gasteiger partial charge in [0, 0.05) is 9.65 Å². The maximum atomic E-state index is 12.8. The molecule has 3 nitrogen and oxygen atoms in total. The van der Waals surface area contributed by atoms with Gasteiger partial charge in [0.15, 0.2) is 0 Å². The number of halogens is 2. The molecule has 0 aromatic heterocycles. The van der Waals surface area contributed by atoms with Crippen LogP contribution in [0.5, 0.6) is 0 Å². The smallest absolute Gasteiger partial charge is 0.238 e. The van der Waals surface area contributed by atoms with Crippen LogP contribution in [-0.2, 0) is 9.59 Å². The Morgan fingerprint density at radius 2 is 1.43 bits per heavy atom. The Hall–Kier alpha value is -0.680. The van der Waals surface area contributed by atoms with Gasteiger partial charge in [-0.05, 0) is 37.3 Å². The van der Waals surface area contributed by atoms with E-state index in [9.17, 15) is 9.59 Å². The third-order valence-corrected chi connectivity index (χ3v) is 8.49. The molecule has 2 bridgehead atoms. The van der Waals surface area contributed by atoms with Gasteiger partial charge in [-0.3, -0.25) is 14.5 Å². The number of benzene rings is 1. The zero-order chi connectivity index (χ0) is 14.9. The van der Waals surface area contributed by atoms with Gasteiger partial charge in [-0.15, -0.1) is 0 Å². The summed E-state index contributed by atoms with van der Waals surface area (Å²) in [7, 11) is 0. The van der Waals surface area contributed by atoms with E-state index in [1.165, 1.54) is 4.90 Å². The van der Waals surface area contributed by atoms with Gasteiger partial charge < -0.3 is 0 Å². The first-order chi connectivity index (χ1) is 10.0. The van der Waals surface area contributed by atoms with Crippen LogP contribution in [0.1, 0.15) is 12.0 Å². The topological polar surface area (TPSA) is 37.4 Å². The summed E-state index contributed by atoms with van der Waals surface area (Å²) in [4.78, 5) is 27.6. The Labute approximate surface area is 140 Å². The Morgan fingerprint density at radius 1 is 0.952 bits per heavy atom. The first-order valence-corrected chi connectivity index (χ1v) is 9.06. The number of fused-ring (bicyclic) bond motifs is 5. The zero-order valence-electron chi connectivity index (χ0n) is 11.5. The largest absolute Gasteiger partial charge is 0.274 e. The molecule has 1 heterocycles. The van der Waals surface area contributed by atoms with Crippen LogP contribution in [0.3, 0.4) is 0 Å². The molecule has 0 N–H and O–H groups in total. The van der Waals surface area contributed by atoms with E-state index >= 15 is 0 Å². The van der Waals surface area contributed by atoms with Gasteiger partial charge in [-0.1, -0.05) is 49.6 Å². The third kappa shape index (κ3) is 1.76. The van der Waals surface area contributed by atoms with E-state index in [-0.39, 0.29) is 35.5 Å². The molecule has 2 amide bonds. The lowest BCUT2D eigenvalue weighted by atomic mass is 9.81. The highest BCUT2D eigenvalue weighted by Gasteiger charge is 2.66. The van der Waals surface area contributed by atoms with Crippen molar-refractivity contribution in [2.45, 2.75) is 23.0 Å². The fourth-order valence-electron chi connectivity index (χ4n) is 4.30. The third-order valence-electron chi connectivity index (χ3n) is 5.28. The summed E-state index contributed by atoms with van der Waals surface area (Å²) in [5.74, 6) is 0.256. The molecule has 21 heavy (non-hydrogen) atoms. The number of rotatable bonds is 1. The Bertz CT molecular complexity index is 598. The monoisotopic (exact) mass is 411 g/mol. The summed E-state index contributed by atoms with van der Waals surface area (Å²) < 4.78 is 0. The highest BCUT2D eigenvalue weighted by atomic mass is 79.9. The molecule has 3 fully saturated rings. The van der Waals surface area contributed by atoms with Crippen molar-refractivity contribution in [2.75, 3.05) is 4.90 Å². The van der Waals surface area contributed by atoms with Crippen molar-refractivity contribution >= 4 is 49.4 Å². The van der Waals surface area contributed by atoms with Gasteiger partial charge in [0.2, 0.25) is 11.8 Å². The van der Waals surface area contributed by atoms with E-state index in [1.54, 1.807) is 0 Å². The molecule has 1 aromatic rings. The number of hydrogen-bond acceptors (Lipinski definition) is 2. The van der Waals surface area contributed by atoms with Crippen LogP contribution in [-0.4, -0.2) is 21.5 Å². The van der Waals surface area contributed by atoms with Crippen LogP contribution in [0.15, 0.2) is 24.3 Å². The summed E-state index contributed by atoms with van der Waals surface area (Å²) in [6.45, 7) is 2.00. The van der Waals surface area contributed by atoms with E-state index in [0.29, 0.717) is 15.3 Å². The maximum absolute atomic E-state index is 12.8. The highest BCUT2D eigenvalue weighted by Crippen LogP contribution is 2.60. The lowest BCUT2D eigenvalue weighted by Crippen LogP contribution is -2.37. The summed E-state index contributed by atoms with van der Waals surface area (Å²) in [6, 6.07) is 7.62. The minimum atomic E-state index is -0.137. The molecule has 0 spiro atoms. The van der Waals surface area contributed by atoms with Crippen molar-refractivity contribution in [2.24, 2.45) is 23.7 Å². The standard InChI is InChI=1S/C16H15Br2NO2/c1-7-2-4-8(5-3-7)19-15(20)11-9-6-10(12(11)16(19)21)14(18)13(9)17/h2-5,9-14H,6H2,1H3/t9-,10-,11-,12-,13-,14+/m1/s1. The highest BCUT2D eigenvalue weighted by molar-refractivity contribution is 9.12. The van der Waals surface area contributed by atoms with Crippen molar-refractivity contribution in [3.63, 3.8) is 0 Å². The molecule has 2 aliphatic carbocycles. The first kappa shape index (κ1) is 13.9. The summed E-state index contributed by atoms with van der Waals surface area (Å²) in [6.07, 6.45) is 0.973. The molecule has 110 valence electrons. The van der Waals surface area contributed by atoms with Crippen LogP contribution < -0.4 is 4.90 Å². The SMILES string of the molecule is Cc1ccc(N2C(=O)[C@@H]3[C@H]4C[C@@H]([C@@H](Br)[C@H]4Br)[C@H]3C2=O)cc1. The van der Waals surface area contributed by atoms with Crippen molar-refractivity contribution in [1.29, 1.82) is 0 Å². The van der Waals surface area contributed by atoms with Crippen LogP contribution in [0, 0.1) is 30.6 Å². The molecule has 1 saturated heterocycles. The van der Waals surface area contributed by atoms with E-state index in [0.717, 1.165) is 12.0 Å². The average molecular weight is 413 g/mol. The van der Waals surface area contributed by atoms with Gasteiger partial charge in [-0.25, -0.2) is 0 Å². The second-order valence-corrected chi connectivity index (χ2v) is 8.47. The fourth-order valence-corrected chi connectivity index (χ4v) is 6.17. The molecular formula is C16H15Br2NO2. The predicted molar refractivity (Wildman–Crippen MR) is 87.7 cm³/mol. The lowest BCUT2D eigenvalue weighted by molar-refractivity contribution is -0.123. The molecule has 1 aromatic carbocycles. The van der Waals surface area contributed by atoms with Gasteiger partial charge in [0.25, 0.3) is 0 Å². The molecule has 3 aliphatic rings. The molecule has 2 saturated carbocycles. The number of anilines is 1. The van der Waals surface area contributed by atoms with E-state index < -0.39 is 0 Å². The van der Waals surface area contributed by atoms with Crippen LogP contribution >= 0.6 is 31.9 Å². The Balaban J connectivity index is 1.73. The molecular weight excluding hydrogens is 398 g/mol. The molecule has 6 atom stereocenters. The number of hydrogen-bond donors (Lipinski definition) is 0. The number of carbonyl (C=O) groups excluding carboxylic acids is 2. The minimum absolute atomic E-state index is 0.00907. The van der Waals surface area contributed by atoms with Gasteiger partial charge >= 0.3 is 0 Å². The van der Waals surface area contributed by atoms with Crippen LogP contribution in [0.2, 0.25) is 0 Å². The van der Waals surface area contributed by atoms with E-state index in [1.807, 2.05) is 31.2 Å². The summed E-state index contributed by atoms with van der Waals surface area (Å²) in [5, 5.41) is 0. The number of amides is 2. The van der Waals surface area contributed by atoms with Crippen molar-refractivity contribution in [1.82, 2.24) is 0 Å². The number of imide groups is 1. The quantitative estimate of drug-likeness (QED) is 0.524. The maximum Gasteiger partial charge on any atom is 0.238 e. The Kier molecular flexibility index (Phi) is 3.09. The second kappa shape index (κ2) is 4.66. The lowest BCUT2D eigenvalue weighted by Gasteiger charge is -2.28. The van der Waals surface area contributed by atoms with Crippen molar-refractivity contribution in [3.05, 3.63) is 29.8 Å². The number of carbonyl (C=O) groups is 2. The molecule has 5 heteroatoms. The normalized spacial score (nSPS) is 41.0. The van der Waals surface area contributed by atoms with Gasteiger partial charge in [0.05, 0.1) is 17.5 Å².